The van der Waals surface area contributed by atoms with Crippen molar-refractivity contribution in [1.29, 1.82) is 0 Å². The first kappa shape index (κ1) is 14.9. The van der Waals surface area contributed by atoms with Crippen molar-refractivity contribution in [2.45, 2.75) is 4.90 Å². The van der Waals surface area contributed by atoms with Crippen LogP contribution in [0.3, 0.4) is 0 Å². The Labute approximate surface area is 124 Å². The van der Waals surface area contributed by atoms with Crippen LogP contribution in [0.5, 0.6) is 5.75 Å². The summed E-state index contributed by atoms with van der Waals surface area (Å²) in [6, 6.07) is 6.95. The Hall–Kier alpha value is -1.50. The van der Waals surface area contributed by atoms with Crippen LogP contribution in [0.1, 0.15) is 0 Å². The number of phenols is 1. The number of benzene rings is 2. The maximum atomic E-state index is 13.2. The highest BCUT2D eigenvalue weighted by Crippen LogP contribution is 2.25. The quantitative estimate of drug-likeness (QED) is 0.841. The minimum Gasteiger partial charge on any atom is -0.505 e. The van der Waals surface area contributed by atoms with E-state index in [0.29, 0.717) is 0 Å². The highest BCUT2D eigenvalue weighted by molar-refractivity contribution is 7.92. The van der Waals surface area contributed by atoms with Crippen LogP contribution in [-0.4, -0.2) is 13.5 Å². The van der Waals surface area contributed by atoms with Crippen molar-refractivity contribution in [3.05, 3.63) is 52.3 Å². The van der Waals surface area contributed by atoms with Crippen molar-refractivity contribution in [3.8, 4) is 5.75 Å². The lowest BCUT2D eigenvalue weighted by Gasteiger charge is -2.09. The molecule has 2 aromatic carbocycles. The number of anilines is 1. The summed E-state index contributed by atoms with van der Waals surface area (Å²) in [7, 11) is -3.96. The normalized spacial score (nSPS) is 11.3. The van der Waals surface area contributed by atoms with E-state index in [4.69, 9.17) is 28.3 Å². The molecule has 0 saturated heterocycles. The van der Waals surface area contributed by atoms with Crippen molar-refractivity contribution >= 4 is 38.9 Å². The van der Waals surface area contributed by atoms with Gasteiger partial charge in [-0.2, -0.15) is 0 Å². The Balaban J connectivity index is 2.37. The first-order valence-electron chi connectivity index (χ1n) is 5.25. The van der Waals surface area contributed by atoms with Gasteiger partial charge in [0.05, 0.1) is 10.6 Å². The molecule has 0 aliphatic carbocycles. The molecule has 0 fully saturated rings. The summed E-state index contributed by atoms with van der Waals surface area (Å²) in [5.41, 5.74) is -0.0311. The predicted octanol–water partition coefficient (Wildman–Crippen LogP) is 3.64. The molecular formula is C12H8Cl2FNO3S. The summed E-state index contributed by atoms with van der Waals surface area (Å²) in [5.74, 6) is -1.51. The zero-order valence-corrected chi connectivity index (χ0v) is 12.1. The largest absolute Gasteiger partial charge is 0.505 e. The third-order valence-electron chi connectivity index (χ3n) is 2.35. The molecular weight excluding hydrogens is 328 g/mol. The maximum absolute atomic E-state index is 13.2. The average Bonchev–Trinajstić information content (AvgIpc) is 2.32. The molecule has 8 heteroatoms. The summed E-state index contributed by atoms with van der Waals surface area (Å²) in [4.78, 5) is -0.150. The molecule has 0 aromatic heterocycles. The molecule has 0 atom stereocenters. The second-order valence-electron chi connectivity index (χ2n) is 3.88. The van der Waals surface area contributed by atoms with Crippen LogP contribution in [0.25, 0.3) is 0 Å². The topological polar surface area (TPSA) is 66.4 Å². The minimum absolute atomic E-state index is 0.0311. The first-order valence-corrected chi connectivity index (χ1v) is 7.49. The van der Waals surface area contributed by atoms with Crippen LogP contribution in [0, 0.1) is 5.82 Å². The summed E-state index contributed by atoms with van der Waals surface area (Å²) in [6.07, 6.45) is 0. The van der Waals surface area contributed by atoms with Gasteiger partial charge in [0.25, 0.3) is 10.0 Å². The Morgan fingerprint density at radius 1 is 1.05 bits per heavy atom. The van der Waals surface area contributed by atoms with Gasteiger partial charge in [-0.25, -0.2) is 12.8 Å². The molecule has 0 unspecified atom stereocenters. The average molecular weight is 336 g/mol. The van der Waals surface area contributed by atoms with E-state index < -0.39 is 21.6 Å². The number of hydrogen-bond acceptors (Lipinski definition) is 3. The van der Waals surface area contributed by atoms with Gasteiger partial charge < -0.3 is 5.11 Å². The van der Waals surface area contributed by atoms with Crippen LogP contribution in [0.2, 0.25) is 10.0 Å². The van der Waals surface area contributed by atoms with Crippen LogP contribution in [-0.2, 0) is 10.0 Å². The van der Waals surface area contributed by atoms with Crippen LogP contribution in [0.15, 0.2) is 41.3 Å². The molecule has 0 spiro atoms. The number of nitrogens with one attached hydrogen (secondary N) is 1. The van der Waals surface area contributed by atoms with Gasteiger partial charge in [0.2, 0.25) is 0 Å². The number of halogens is 3. The van der Waals surface area contributed by atoms with Gasteiger partial charge in [0.1, 0.15) is 0 Å². The van der Waals surface area contributed by atoms with E-state index in [1.807, 2.05) is 0 Å². The van der Waals surface area contributed by atoms with E-state index in [0.717, 1.165) is 12.1 Å². The van der Waals surface area contributed by atoms with Crippen molar-refractivity contribution in [2.24, 2.45) is 0 Å². The summed E-state index contributed by atoms with van der Waals surface area (Å²) < 4.78 is 39.5. The lowest BCUT2D eigenvalue weighted by atomic mass is 10.3. The molecule has 2 N–H and O–H groups in total. The van der Waals surface area contributed by atoms with Crippen LogP contribution in [0.4, 0.5) is 10.1 Å². The van der Waals surface area contributed by atoms with Crippen LogP contribution < -0.4 is 4.72 Å². The molecule has 4 nitrogen and oxygen atoms in total. The SMILES string of the molecule is O=S(=O)(Nc1ccc(O)c(F)c1)c1cc(Cl)cc(Cl)c1. The summed E-state index contributed by atoms with van der Waals surface area (Å²) in [5, 5.41) is 9.37. The highest BCUT2D eigenvalue weighted by Gasteiger charge is 2.16. The van der Waals surface area contributed by atoms with Gasteiger partial charge in [0.15, 0.2) is 11.6 Å². The Morgan fingerprint density at radius 3 is 2.20 bits per heavy atom. The van der Waals surface area contributed by atoms with E-state index in [1.165, 1.54) is 24.3 Å². The number of rotatable bonds is 3. The third-order valence-corrected chi connectivity index (χ3v) is 4.14. The summed E-state index contributed by atoms with van der Waals surface area (Å²) >= 11 is 11.5. The molecule has 2 aromatic rings. The van der Waals surface area contributed by atoms with Crippen molar-refractivity contribution in [2.75, 3.05) is 4.72 Å². The second kappa shape index (κ2) is 5.47. The fourth-order valence-electron chi connectivity index (χ4n) is 1.47. The van der Waals surface area contributed by atoms with Crippen molar-refractivity contribution in [3.63, 3.8) is 0 Å². The zero-order chi connectivity index (χ0) is 14.9. The number of sulfonamides is 1. The molecule has 0 saturated carbocycles. The number of hydrogen-bond donors (Lipinski definition) is 2. The van der Waals surface area contributed by atoms with Gasteiger partial charge in [-0.05, 0) is 30.3 Å². The standard InChI is InChI=1S/C12H8Cl2FNO3S/c13-7-3-8(14)5-10(4-7)20(18,19)16-9-1-2-12(17)11(15)6-9/h1-6,16-17H. The lowest BCUT2D eigenvalue weighted by Crippen LogP contribution is -2.13. The van der Waals surface area contributed by atoms with Gasteiger partial charge in [-0.15, -0.1) is 0 Å². The number of phenolic OH excluding ortho intramolecular Hbond substituents is 1. The minimum atomic E-state index is -3.96. The fourth-order valence-corrected chi connectivity index (χ4v) is 3.24. The first-order chi connectivity index (χ1) is 9.28. The van der Waals surface area contributed by atoms with E-state index >= 15 is 0 Å². The van der Waals surface area contributed by atoms with Crippen molar-refractivity contribution in [1.82, 2.24) is 0 Å². The molecule has 0 radical (unpaired) electrons. The molecule has 0 bridgehead atoms. The molecule has 2 rings (SSSR count). The molecule has 0 heterocycles. The van der Waals surface area contributed by atoms with E-state index in [1.54, 1.807) is 0 Å². The van der Waals surface area contributed by atoms with Gasteiger partial charge in [0, 0.05) is 16.1 Å². The lowest BCUT2D eigenvalue weighted by molar-refractivity contribution is 0.432. The van der Waals surface area contributed by atoms with E-state index in [9.17, 15) is 12.8 Å². The van der Waals surface area contributed by atoms with Crippen LogP contribution >= 0.6 is 23.2 Å². The van der Waals surface area contributed by atoms with Gasteiger partial charge in [-0.3, -0.25) is 4.72 Å². The van der Waals surface area contributed by atoms with E-state index in [-0.39, 0.29) is 20.6 Å². The van der Waals surface area contributed by atoms with Gasteiger partial charge in [-0.1, -0.05) is 23.2 Å². The predicted molar refractivity (Wildman–Crippen MR) is 75.3 cm³/mol. The fraction of sp³-hybridized carbons (Fsp3) is 0. The monoisotopic (exact) mass is 335 g/mol. The molecule has 0 amide bonds. The molecule has 0 aliphatic rings. The number of aromatic hydroxyl groups is 1. The second-order valence-corrected chi connectivity index (χ2v) is 6.43. The maximum Gasteiger partial charge on any atom is 0.261 e. The van der Waals surface area contributed by atoms with Crippen molar-refractivity contribution < 1.29 is 17.9 Å². The Morgan fingerprint density at radius 2 is 1.65 bits per heavy atom. The molecule has 0 aliphatic heterocycles. The zero-order valence-electron chi connectivity index (χ0n) is 9.77. The smallest absolute Gasteiger partial charge is 0.261 e. The summed E-state index contributed by atoms with van der Waals surface area (Å²) in [6.45, 7) is 0. The molecule has 106 valence electrons. The third kappa shape index (κ3) is 3.33. The van der Waals surface area contributed by atoms with E-state index in [2.05, 4.69) is 4.72 Å². The Bertz CT molecular complexity index is 745. The van der Waals surface area contributed by atoms with Gasteiger partial charge >= 0.3 is 0 Å². The Kier molecular flexibility index (Phi) is 4.08. The molecule has 20 heavy (non-hydrogen) atoms. The highest BCUT2D eigenvalue weighted by atomic mass is 35.5.